The summed E-state index contributed by atoms with van der Waals surface area (Å²) in [5.74, 6) is 1.23. The molecule has 0 unspecified atom stereocenters. The number of anilines is 1. The van der Waals surface area contributed by atoms with Crippen molar-refractivity contribution in [1.29, 1.82) is 0 Å². The first-order valence-electron chi connectivity index (χ1n) is 11.0. The summed E-state index contributed by atoms with van der Waals surface area (Å²) in [7, 11) is 0. The first kappa shape index (κ1) is 22.3. The van der Waals surface area contributed by atoms with E-state index in [1.807, 2.05) is 43.7 Å². The third-order valence-corrected chi connectivity index (χ3v) is 5.40. The first-order chi connectivity index (χ1) is 15.9. The number of carbonyl (C=O) groups excluding carboxylic acids is 1. The van der Waals surface area contributed by atoms with Crippen LogP contribution in [-0.2, 0) is 4.79 Å². The van der Waals surface area contributed by atoms with Gasteiger partial charge in [-0.1, -0.05) is 18.7 Å². The molecule has 0 spiro atoms. The fourth-order valence-electron chi connectivity index (χ4n) is 3.27. The van der Waals surface area contributed by atoms with Gasteiger partial charge in [-0.25, -0.2) is 4.98 Å². The Bertz CT molecular complexity index is 1220. The van der Waals surface area contributed by atoms with Gasteiger partial charge in [0.2, 0.25) is 0 Å². The number of hydrogen-bond acceptors (Lipinski definition) is 6. The number of rotatable bonds is 8. The Kier molecular flexibility index (Phi) is 6.53. The summed E-state index contributed by atoms with van der Waals surface area (Å²) in [6.07, 6.45) is 9.42. The van der Waals surface area contributed by atoms with E-state index in [4.69, 9.17) is 0 Å². The second-order valence-electron chi connectivity index (χ2n) is 8.34. The van der Waals surface area contributed by atoms with Crippen LogP contribution in [0.5, 0.6) is 0 Å². The van der Waals surface area contributed by atoms with Crippen LogP contribution in [0.2, 0.25) is 0 Å². The molecule has 0 aliphatic heterocycles. The van der Waals surface area contributed by atoms with Gasteiger partial charge < -0.3 is 9.88 Å². The molecule has 0 radical (unpaired) electrons. The molecule has 33 heavy (non-hydrogen) atoms. The van der Waals surface area contributed by atoms with Crippen molar-refractivity contribution in [2.24, 2.45) is 4.99 Å². The number of aromatic nitrogens is 5. The Hall–Kier alpha value is -3.94. The summed E-state index contributed by atoms with van der Waals surface area (Å²) in [6.45, 7) is 9.82. The minimum absolute atomic E-state index is 0.0822. The molecule has 0 aromatic carbocycles. The standard InChI is InChI=1S/C25H27N7O/c1-16(2)32-15-28-31-24(32)22-6-5-7-23(29-22)30-25(33)18(4)26-13-12-17(3)20-10-11-21(27-14-20)19-8-9-19/h5-7,10-16,19H,4,8-9H2,1-3H3,(H,29,30,33). The van der Waals surface area contributed by atoms with E-state index in [0.29, 0.717) is 23.3 Å². The molecule has 4 rings (SSSR count). The average molecular weight is 442 g/mol. The second-order valence-corrected chi connectivity index (χ2v) is 8.34. The SMILES string of the molecule is C=C(N=CC=C(C)c1ccc(C2CC2)nc1)C(=O)Nc1cccc(-c2nncn2C(C)C)n1. The van der Waals surface area contributed by atoms with Gasteiger partial charge in [0, 0.05) is 30.1 Å². The molecule has 168 valence electrons. The van der Waals surface area contributed by atoms with Crippen LogP contribution in [0.3, 0.4) is 0 Å². The third-order valence-electron chi connectivity index (χ3n) is 5.40. The Labute approximate surface area is 193 Å². The normalized spacial score (nSPS) is 14.1. The van der Waals surface area contributed by atoms with Crippen molar-refractivity contribution in [3.63, 3.8) is 0 Å². The number of pyridine rings is 2. The predicted molar refractivity (Wildman–Crippen MR) is 130 cm³/mol. The van der Waals surface area contributed by atoms with Crippen molar-refractivity contribution in [2.75, 3.05) is 5.32 Å². The van der Waals surface area contributed by atoms with Gasteiger partial charge in [-0.05, 0) is 69.0 Å². The molecule has 8 nitrogen and oxygen atoms in total. The number of nitrogens with zero attached hydrogens (tertiary/aromatic N) is 6. The van der Waals surface area contributed by atoms with Gasteiger partial charge in [-0.2, -0.15) is 0 Å². The van der Waals surface area contributed by atoms with Gasteiger partial charge in [-0.15, -0.1) is 10.2 Å². The van der Waals surface area contributed by atoms with Gasteiger partial charge in [0.1, 0.15) is 23.5 Å². The van der Waals surface area contributed by atoms with Gasteiger partial charge in [0.15, 0.2) is 5.82 Å². The molecular formula is C25H27N7O. The molecular weight excluding hydrogens is 414 g/mol. The van der Waals surface area contributed by atoms with Gasteiger partial charge in [0.25, 0.3) is 5.91 Å². The lowest BCUT2D eigenvalue weighted by Gasteiger charge is -2.10. The highest BCUT2D eigenvalue weighted by Gasteiger charge is 2.24. The minimum Gasteiger partial charge on any atom is -0.310 e. The molecule has 3 aromatic heterocycles. The number of allylic oxidation sites excluding steroid dienone is 2. The number of amides is 1. The summed E-state index contributed by atoms with van der Waals surface area (Å²) in [5, 5.41) is 10.8. The molecule has 0 saturated heterocycles. The number of carbonyl (C=O) groups is 1. The summed E-state index contributed by atoms with van der Waals surface area (Å²) >= 11 is 0. The second kappa shape index (κ2) is 9.68. The van der Waals surface area contributed by atoms with Crippen molar-refractivity contribution >= 4 is 23.5 Å². The van der Waals surface area contributed by atoms with Crippen LogP contribution in [0.1, 0.15) is 56.8 Å². The van der Waals surface area contributed by atoms with Gasteiger partial charge >= 0.3 is 0 Å². The summed E-state index contributed by atoms with van der Waals surface area (Å²) < 4.78 is 1.92. The molecule has 8 heteroatoms. The van der Waals surface area contributed by atoms with Crippen molar-refractivity contribution in [3.8, 4) is 11.5 Å². The predicted octanol–water partition coefficient (Wildman–Crippen LogP) is 4.82. The van der Waals surface area contributed by atoms with E-state index >= 15 is 0 Å². The van der Waals surface area contributed by atoms with E-state index in [-0.39, 0.29) is 11.7 Å². The van der Waals surface area contributed by atoms with E-state index in [1.165, 1.54) is 12.8 Å². The molecule has 1 fully saturated rings. The molecule has 1 amide bonds. The van der Waals surface area contributed by atoms with E-state index < -0.39 is 5.91 Å². The van der Waals surface area contributed by atoms with E-state index in [0.717, 1.165) is 16.8 Å². The lowest BCUT2D eigenvalue weighted by Crippen LogP contribution is -2.14. The minimum atomic E-state index is -0.428. The van der Waals surface area contributed by atoms with Gasteiger partial charge in [-0.3, -0.25) is 14.8 Å². The quantitative estimate of drug-likeness (QED) is 0.399. The Morgan fingerprint density at radius 3 is 2.79 bits per heavy atom. The maximum Gasteiger partial charge on any atom is 0.274 e. The summed E-state index contributed by atoms with van der Waals surface area (Å²) in [5.41, 5.74) is 3.89. The molecule has 1 aliphatic rings. The first-order valence-corrected chi connectivity index (χ1v) is 11.0. The van der Waals surface area contributed by atoms with Crippen LogP contribution in [0, 0.1) is 0 Å². The summed E-state index contributed by atoms with van der Waals surface area (Å²) in [6, 6.07) is 9.67. The van der Waals surface area contributed by atoms with E-state index in [1.54, 1.807) is 24.7 Å². The highest BCUT2D eigenvalue weighted by molar-refractivity contribution is 6.04. The zero-order chi connectivity index (χ0) is 23.4. The van der Waals surface area contributed by atoms with Crippen LogP contribution >= 0.6 is 0 Å². The maximum absolute atomic E-state index is 12.5. The van der Waals surface area contributed by atoms with Crippen LogP contribution in [0.4, 0.5) is 5.82 Å². The zero-order valence-electron chi connectivity index (χ0n) is 19.1. The molecule has 3 aromatic rings. The topological polar surface area (TPSA) is 98.0 Å². The van der Waals surface area contributed by atoms with E-state index in [9.17, 15) is 4.79 Å². The Morgan fingerprint density at radius 1 is 1.27 bits per heavy atom. The Balaban J connectivity index is 1.38. The molecule has 3 heterocycles. The highest BCUT2D eigenvalue weighted by Crippen LogP contribution is 2.38. The van der Waals surface area contributed by atoms with Crippen molar-refractivity contribution in [3.05, 3.63) is 72.5 Å². The van der Waals surface area contributed by atoms with Crippen molar-refractivity contribution in [2.45, 2.75) is 45.6 Å². The monoisotopic (exact) mass is 441 g/mol. The third kappa shape index (κ3) is 5.46. The molecule has 0 bridgehead atoms. The Morgan fingerprint density at radius 2 is 2.09 bits per heavy atom. The molecule has 1 N–H and O–H groups in total. The van der Waals surface area contributed by atoms with Crippen molar-refractivity contribution in [1.82, 2.24) is 24.7 Å². The van der Waals surface area contributed by atoms with Crippen molar-refractivity contribution < 1.29 is 4.79 Å². The maximum atomic E-state index is 12.5. The summed E-state index contributed by atoms with van der Waals surface area (Å²) in [4.78, 5) is 25.7. The average Bonchev–Trinajstić information content (AvgIpc) is 3.54. The fraction of sp³-hybridized carbons (Fsp3) is 0.280. The molecule has 1 aliphatic carbocycles. The number of nitrogens with one attached hydrogen (secondary N) is 1. The fourth-order valence-corrected chi connectivity index (χ4v) is 3.27. The number of aliphatic imine (C=N–C) groups is 1. The molecule has 0 atom stereocenters. The van der Waals surface area contributed by atoms with Gasteiger partial charge in [0.05, 0.1) is 0 Å². The lowest BCUT2D eigenvalue weighted by atomic mass is 10.1. The zero-order valence-corrected chi connectivity index (χ0v) is 19.1. The van der Waals surface area contributed by atoms with Crippen LogP contribution in [-0.4, -0.2) is 36.9 Å². The largest absolute Gasteiger partial charge is 0.310 e. The number of hydrogen-bond donors (Lipinski definition) is 1. The van der Waals surface area contributed by atoms with Crippen LogP contribution in [0.15, 0.2) is 66.2 Å². The molecule has 1 saturated carbocycles. The van der Waals surface area contributed by atoms with Crippen LogP contribution < -0.4 is 5.32 Å². The van der Waals surface area contributed by atoms with Crippen LogP contribution in [0.25, 0.3) is 17.1 Å². The van der Waals surface area contributed by atoms with E-state index in [2.05, 4.69) is 49.2 Å². The lowest BCUT2D eigenvalue weighted by molar-refractivity contribution is -0.112. The highest BCUT2D eigenvalue weighted by atomic mass is 16.2. The smallest absolute Gasteiger partial charge is 0.274 e.